The summed E-state index contributed by atoms with van der Waals surface area (Å²) < 4.78 is 14.6. The molecule has 2 N–H and O–H groups in total. The van der Waals surface area contributed by atoms with Crippen LogP contribution in [0.25, 0.3) is 0 Å². The molecule has 0 atom stereocenters. The second kappa shape index (κ2) is 5.71. The molecule has 0 spiro atoms. The van der Waals surface area contributed by atoms with Gasteiger partial charge in [-0.15, -0.1) is 0 Å². The van der Waals surface area contributed by atoms with E-state index in [4.69, 9.17) is 5.11 Å². The zero-order chi connectivity index (χ0) is 14.0. The summed E-state index contributed by atoms with van der Waals surface area (Å²) in [6.07, 6.45) is 0. The van der Waals surface area contributed by atoms with E-state index >= 15 is 0 Å². The number of anilines is 1. The van der Waals surface area contributed by atoms with Crippen LogP contribution in [-0.2, 0) is 0 Å². The average Bonchev–Trinajstić information content (AvgIpc) is 2.36. The smallest absolute Gasteiger partial charge is 0.256 e. The first-order valence-electron chi connectivity index (χ1n) is 5.22. The quantitative estimate of drug-likeness (QED) is 0.753. The standard InChI is InChI=1S/C13H8Br2FNO2/c14-7-1-3-10(15)9(5-7)13(19)17-8-2-4-12(18)11(16)6-8/h1-6,18H,(H,17,19). The monoisotopic (exact) mass is 387 g/mol. The van der Waals surface area contributed by atoms with Gasteiger partial charge in [0.05, 0.1) is 5.56 Å². The molecular weight excluding hydrogens is 381 g/mol. The van der Waals surface area contributed by atoms with Gasteiger partial charge in [-0.25, -0.2) is 4.39 Å². The molecule has 0 unspecified atom stereocenters. The number of hydrogen-bond donors (Lipinski definition) is 2. The molecule has 2 rings (SSSR count). The maximum Gasteiger partial charge on any atom is 0.256 e. The molecule has 0 heterocycles. The average molecular weight is 389 g/mol. The molecule has 0 aliphatic heterocycles. The van der Waals surface area contributed by atoms with Gasteiger partial charge in [0.25, 0.3) is 5.91 Å². The fourth-order valence-electron chi connectivity index (χ4n) is 1.45. The van der Waals surface area contributed by atoms with Gasteiger partial charge in [-0.05, 0) is 46.3 Å². The van der Waals surface area contributed by atoms with E-state index in [1.165, 1.54) is 12.1 Å². The topological polar surface area (TPSA) is 49.3 Å². The number of phenols is 1. The van der Waals surface area contributed by atoms with E-state index in [9.17, 15) is 9.18 Å². The van der Waals surface area contributed by atoms with Crippen LogP contribution < -0.4 is 5.32 Å². The van der Waals surface area contributed by atoms with E-state index in [1.807, 2.05) is 0 Å². The number of rotatable bonds is 2. The normalized spacial score (nSPS) is 10.3. The molecule has 0 aliphatic rings. The highest BCUT2D eigenvalue weighted by atomic mass is 79.9. The maximum atomic E-state index is 13.2. The predicted octanol–water partition coefficient (Wildman–Crippen LogP) is 4.31. The molecular formula is C13H8Br2FNO2. The van der Waals surface area contributed by atoms with E-state index in [2.05, 4.69) is 37.2 Å². The Hall–Kier alpha value is -1.40. The van der Waals surface area contributed by atoms with Crippen molar-refractivity contribution in [1.82, 2.24) is 0 Å². The summed E-state index contributed by atoms with van der Waals surface area (Å²) in [4.78, 5) is 12.0. The van der Waals surface area contributed by atoms with Gasteiger partial charge >= 0.3 is 0 Å². The summed E-state index contributed by atoms with van der Waals surface area (Å²) >= 11 is 6.55. The molecule has 19 heavy (non-hydrogen) atoms. The van der Waals surface area contributed by atoms with Crippen molar-refractivity contribution in [3.63, 3.8) is 0 Å². The fraction of sp³-hybridized carbons (Fsp3) is 0. The first kappa shape index (κ1) is 14.0. The number of carbonyl (C=O) groups is 1. The van der Waals surface area contributed by atoms with Crippen LogP contribution in [0.1, 0.15) is 10.4 Å². The maximum absolute atomic E-state index is 13.2. The van der Waals surface area contributed by atoms with Gasteiger partial charge in [-0.1, -0.05) is 15.9 Å². The second-order valence-corrected chi connectivity index (χ2v) is 5.51. The van der Waals surface area contributed by atoms with Crippen LogP contribution in [-0.4, -0.2) is 11.0 Å². The summed E-state index contributed by atoms with van der Waals surface area (Å²) in [6, 6.07) is 8.83. The second-order valence-electron chi connectivity index (χ2n) is 3.74. The third kappa shape index (κ3) is 3.33. The summed E-state index contributed by atoms with van der Waals surface area (Å²) in [6.45, 7) is 0. The van der Waals surface area contributed by atoms with Crippen molar-refractivity contribution in [2.75, 3.05) is 5.32 Å². The van der Waals surface area contributed by atoms with Crippen LogP contribution >= 0.6 is 31.9 Å². The highest BCUT2D eigenvalue weighted by Gasteiger charge is 2.11. The van der Waals surface area contributed by atoms with Gasteiger partial charge < -0.3 is 10.4 Å². The molecule has 0 fully saturated rings. The number of nitrogens with one attached hydrogen (secondary N) is 1. The van der Waals surface area contributed by atoms with Crippen LogP contribution in [0.2, 0.25) is 0 Å². The Kier molecular flexibility index (Phi) is 4.21. The van der Waals surface area contributed by atoms with Gasteiger partial charge in [-0.3, -0.25) is 4.79 Å². The van der Waals surface area contributed by atoms with Crippen molar-refractivity contribution in [1.29, 1.82) is 0 Å². The van der Waals surface area contributed by atoms with Crippen molar-refractivity contribution >= 4 is 43.5 Å². The van der Waals surface area contributed by atoms with Crippen molar-refractivity contribution in [2.45, 2.75) is 0 Å². The highest BCUT2D eigenvalue weighted by molar-refractivity contribution is 9.11. The Labute approximate surface area is 125 Å². The minimum absolute atomic E-state index is 0.271. The summed E-state index contributed by atoms with van der Waals surface area (Å²) in [5, 5.41) is 11.6. The predicted molar refractivity (Wildman–Crippen MR) is 77.9 cm³/mol. The van der Waals surface area contributed by atoms with E-state index in [0.717, 1.165) is 10.5 Å². The molecule has 1 amide bonds. The van der Waals surface area contributed by atoms with Gasteiger partial charge in [0.15, 0.2) is 11.6 Å². The Bertz CT molecular complexity index is 647. The number of halogens is 3. The Morgan fingerprint density at radius 3 is 2.58 bits per heavy atom. The SMILES string of the molecule is O=C(Nc1ccc(O)c(F)c1)c1cc(Br)ccc1Br. The number of aromatic hydroxyl groups is 1. The minimum atomic E-state index is -0.786. The molecule has 3 nitrogen and oxygen atoms in total. The molecule has 2 aromatic carbocycles. The van der Waals surface area contributed by atoms with Crippen LogP contribution in [0.15, 0.2) is 45.3 Å². The third-order valence-electron chi connectivity index (χ3n) is 2.38. The number of hydrogen-bond acceptors (Lipinski definition) is 2. The summed E-state index contributed by atoms with van der Waals surface area (Å²) in [7, 11) is 0. The molecule has 98 valence electrons. The number of benzene rings is 2. The van der Waals surface area contributed by atoms with Gasteiger partial charge in [0, 0.05) is 20.7 Å². The van der Waals surface area contributed by atoms with Crippen molar-refractivity contribution in [3.05, 3.63) is 56.7 Å². The first-order valence-corrected chi connectivity index (χ1v) is 6.81. The molecule has 2 aromatic rings. The molecule has 6 heteroatoms. The van der Waals surface area contributed by atoms with Crippen LogP contribution in [0.4, 0.5) is 10.1 Å². The van der Waals surface area contributed by atoms with Crippen molar-refractivity contribution in [2.24, 2.45) is 0 Å². The van der Waals surface area contributed by atoms with E-state index in [0.29, 0.717) is 10.0 Å². The summed E-state index contributed by atoms with van der Waals surface area (Å²) in [5.41, 5.74) is 0.690. The van der Waals surface area contributed by atoms with Crippen LogP contribution in [0.3, 0.4) is 0 Å². The molecule has 0 saturated heterocycles. The van der Waals surface area contributed by atoms with Gasteiger partial charge in [-0.2, -0.15) is 0 Å². The minimum Gasteiger partial charge on any atom is -0.505 e. The number of phenolic OH excluding ortho intramolecular Hbond substituents is 1. The Morgan fingerprint density at radius 1 is 1.16 bits per heavy atom. The number of amides is 1. The van der Waals surface area contributed by atoms with Crippen molar-refractivity contribution in [3.8, 4) is 5.75 Å². The zero-order valence-electron chi connectivity index (χ0n) is 9.45. The zero-order valence-corrected chi connectivity index (χ0v) is 12.6. The van der Waals surface area contributed by atoms with Crippen molar-refractivity contribution < 1.29 is 14.3 Å². The Morgan fingerprint density at radius 2 is 1.89 bits per heavy atom. The summed E-state index contributed by atoms with van der Waals surface area (Å²) in [5.74, 6) is -1.62. The molecule has 0 saturated carbocycles. The van der Waals surface area contributed by atoms with Gasteiger partial charge in [0.1, 0.15) is 0 Å². The first-order chi connectivity index (χ1) is 8.97. The highest BCUT2D eigenvalue weighted by Crippen LogP contribution is 2.24. The van der Waals surface area contributed by atoms with Crippen LogP contribution in [0.5, 0.6) is 5.75 Å². The lowest BCUT2D eigenvalue weighted by atomic mass is 10.2. The molecule has 0 aromatic heterocycles. The lowest BCUT2D eigenvalue weighted by Gasteiger charge is -2.08. The van der Waals surface area contributed by atoms with E-state index in [1.54, 1.807) is 18.2 Å². The largest absolute Gasteiger partial charge is 0.505 e. The van der Waals surface area contributed by atoms with Crippen LogP contribution in [0, 0.1) is 5.82 Å². The molecule has 0 radical (unpaired) electrons. The Balaban J connectivity index is 2.25. The number of carbonyl (C=O) groups excluding carboxylic acids is 1. The van der Waals surface area contributed by atoms with E-state index in [-0.39, 0.29) is 11.6 Å². The molecule has 0 aliphatic carbocycles. The van der Waals surface area contributed by atoms with E-state index < -0.39 is 11.6 Å². The fourth-order valence-corrected chi connectivity index (χ4v) is 2.24. The molecule has 0 bridgehead atoms. The lowest BCUT2D eigenvalue weighted by Crippen LogP contribution is -2.12. The lowest BCUT2D eigenvalue weighted by molar-refractivity contribution is 0.102. The van der Waals surface area contributed by atoms with Gasteiger partial charge in [0.2, 0.25) is 0 Å². The third-order valence-corrected chi connectivity index (χ3v) is 3.56.